The summed E-state index contributed by atoms with van der Waals surface area (Å²) in [5.41, 5.74) is 5.75. The number of nitrogens with one attached hydrogen (secondary N) is 1. The topological polar surface area (TPSA) is 92.1 Å². The highest BCUT2D eigenvalue weighted by atomic mass is 32.2. The van der Waals surface area contributed by atoms with E-state index in [1.807, 2.05) is 0 Å². The Morgan fingerprint density at radius 2 is 2.11 bits per heavy atom. The lowest BCUT2D eigenvalue weighted by atomic mass is 10.3. The maximum absolute atomic E-state index is 13.6. The van der Waals surface area contributed by atoms with Gasteiger partial charge in [-0.2, -0.15) is 13.5 Å². The summed E-state index contributed by atoms with van der Waals surface area (Å²) in [4.78, 5) is 0. The van der Waals surface area contributed by atoms with E-state index in [-0.39, 0.29) is 17.3 Å². The molecule has 6 nitrogen and oxygen atoms in total. The summed E-state index contributed by atoms with van der Waals surface area (Å²) in [7, 11) is -2.65. The molecule has 0 radical (unpaired) electrons. The van der Waals surface area contributed by atoms with Crippen molar-refractivity contribution in [3.05, 3.63) is 41.8 Å². The first-order valence-electron chi connectivity index (χ1n) is 5.44. The molecular weight excluding hydrogens is 271 g/mol. The van der Waals surface area contributed by atoms with Gasteiger partial charge in [0.05, 0.1) is 11.9 Å². The SMILES string of the molecule is CN(c1ccccc1F)S(=O)(=O)c1[nH]ncc1CN. The van der Waals surface area contributed by atoms with Crippen molar-refractivity contribution in [3.8, 4) is 0 Å². The van der Waals surface area contributed by atoms with Crippen molar-refractivity contribution in [1.82, 2.24) is 10.2 Å². The molecule has 2 aromatic rings. The van der Waals surface area contributed by atoms with Gasteiger partial charge in [-0.25, -0.2) is 4.39 Å². The molecule has 1 aromatic heterocycles. The predicted octanol–water partition coefficient (Wildman–Crippen LogP) is 0.833. The number of halogens is 1. The molecule has 0 bridgehead atoms. The van der Waals surface area contributed by atoms with Crippen molar-refractivity contribution in [2.45, 2.75) is 11.6 Å². The second-order valence-corrected chi connectivity index (χ2v) is 5.76. The molecule has 0 atom stereocenters. The minimum atomic E-state index is -3.92. The smallest absolute Gasteiger partial charge is 0.281 e. The molecule has 8 heteroatoms. The first-order chi connectivity index (χ1) is 8.98. The molecule has 102 valence electrons. The molecule has 1 heterocycles. The zero-order chi connectivity index (χ0) is 14.0. The van der Waals surface area contributed by atoms with Crippen molar-refractivity contribution in [2.75, 3.05) is 11.4 Å². The van der Waals surface area contributed by atoms with E-state index >= 15 is 0 Å². The first-order valence-corrected chi connectivity index (χ1v) is 6.88. The summed E-state index contributed by atoms with van der Waals surface area (Å²) in [6.07, 6.45) is 1.34. The lowest BCUT2D eigenvalue weighted by molar-refractivity contribution is 0.584. The van der Waals surface area contributed by atoms with Gasteiger partial charge in [-0.1, -0.05) is 12.1 Å². The van der Waals surface area contributed by atoms with E-state index < -0.39 is 15.8 Å². The fraction of sp³-hybridized carbons (Fsp3) is 0.182. The third-order valence-electron chi connectivity index (χ3n) is 2.71. The molecule has 0 saturated carbocycles. The molecule has 0 saturated heterocycles. The molecule has 2 rings (SSSR count). The molecule has 0 aliphatic carbocycles. The van der Waals surface area contributed by atoms with Gasteiger partial charge in [0.2, 0.25) is 0 Å². The van der Waals surface area contributed by atoms with E-state index in [1.165, 1.54) is 31.4 Å². The van der Waals surface area contributed by atoms with Crippen LogP contribution in [-0.2, 0) is 16.6 Å². The predicted molar refractivity (Wildman–Crippen MR) is 68.5 cm³/mol. The number of sulfonamides is 1. The monoisotopic (exact) mass is 284 g/mol. The van der Waals surface area contributed by atoms with Gasteiger partial charge in [0.1, 0.15) is 5.82 Å². The molecule has 3 N–H and O–H groups in total. The van der Waals surface area contributed by atoms with Gasteiger partial charge >= 0.3 is 0 Å². The third-order valence-corrected chi connectivity index (χ3v) is 4.50. The highest BCUT2D eigenvalue weighted by molar-refractivity contribution is 7.92. The minimum absolute atomic E-state index is 0.0240. The molecule has 0 spiro atoms. The maximum Gasteiger partial charge on any atom is 0.281 e. The van der Waals surface area contributed by atoms with Crippen LogP contribution in [0.25, 0.3) is 0 Å². The molecule has 0 aliphatic rings. The van der Waals surface area contributed by atoms with Crippen LogP contribution in [0, 0.1) is 5.82 Å². The Kier molecular flexibility index (Phi) is 3.54. The average molecular weight is 284 g/mol. The summed E-state index contributed by atoms with van der Waals surface area (Å²) >= 11 is 0. The van der Waals surface area contributed by atoms with E-state index in [4.69, 9.17) is 5.73 Å². The van der Waals surface area contributed by atoms with Crippen LogP contribution in [0.1, 0.15) is 5.56 Å². The van der Waals surface area contributed by atoms with E-state index in [0.29, 0.717) is 5.56 Å². The van der Waals surface area contributed by atoms with Crippen molar-refractivity contribution < 1.29 is 12.8 Å². The van der Waals surface area contributed by atoms with Crippen molar-refractivity contribution in [2.24, 2.45) is 5.73 Å². The van der Waals surface area contributed by atoms with Gasteiger partial charge in [-0.3, -0.25) is 9.40 Å². The summed E-state index contributed by atoms with van der Waals surface area (Å²) < 4.78 is 39.2. The number of nitrogens with zero attached hydrogens (tertiary/aromatic N) is 2. The maximum atomic E-state index is 13.6. The van der Waals surface area contributed by atoms with Gasteiger partial charge in [-0.15, -0.1) is 0 Å². The van der Waals surface area contributed by atoms with Crippen LogP contribution < -0.4 is 10.0 Å². The second kappa shape index (κ2) is 4.98. The number of aromatic nitrogens is 2. The number of nitrogens with two attached hydrogens (primary N) is 1. The largest absolute Gasteiger partial charge is 0.326 e. The quantitative estimate of drug-likeness (QED) is 0.870. The number of para-hydroxylation sites is 1. The number of aromatic amines is 1. The van der Waals surface area contributed by atoms with E-state index in [9.17, 15) is 12.8 Å². The summed E-state index contributed by atoms with van der Waals surface area (Å²) in [6.45, 7) is 0.0240. The highest BCUT2D eigenvalue weighted by Gasteiger charge is 2.27. The normalized spacial score (nSPS) is 11.5. The average Bonchev–Trinajstić information content (AvgIpc) is 2.87. The van der Waals surface area contributed by atoms with Gasteiger partial charge in [0.25, 0.3) is 10.0 Å². The number of hydrogen-bond donors (Lipinski definition) is 2. The van der Waals surface area contributed by atoms with Crippen molar-refractivity contribution >= 4 is 15.7 Å². The molecule has 1 aromatic carbocycles. The molecule has 0 aliphatic heterocycles. The Morgan fingerprint density at radius 1 is 1.42 bits per heavy atom. The van der Waals surface area contributed by atoms with Gasteiger partial charge in [0.15, 0.2) is 5.03 Å². The Bertz CT molecular complexity index is 684. The van der Waals surface area contributed by atoms with Crippen LogP contribution in [0.4, 0.5) is 10.1 Å². The number of rotatable bonds is 4. The Hall–Kier alpha value is -1.93. The highest BCUT2D eigenvalue weighted by Crippen LogP contribution is 2.24. The van der Waals surface area contributed by atoms with Crippen LogP contribution in [0.5, 0.6) is 0 Å². The lowest BCUT2D eigenvalue weighted by Crippen LogP contribution is -2.28. The van der Waals surface area contributed by atoms with Crippen LogP contribution in [0.2, 0.25) is 0 Å². The first kappa shape index (κ1) is 13.5. The van der Waals surface area contributed by atoms with E-state index in [2.05, 4.69) is 10.2 Å². The molecule has 0 fully saturated rings. The standard InChI is InChI=1S/C11H13FN4O2S/c1-16(10-5-3-2-4-9(10)12)19(17,18)11-8(6-13)7-14-15-11/h2-5,7H,6,13H2,1H3,(H,14,15). The van der Waals surface area contributed by atoms with E-state index in [1.54, 1.807) is 6.07 Å². The van der Waals surface area contributed by atoms with Crippen LogP contribution in [0.15, 0.2) is 35.5 Å². The number of benzene rings is 1. The zero-order valence-corrected chi connectivity index (χ0v) is 11.0. The lowest BCUT2D eigenvalue weighted by Gasteiger charge is -2.19. The molecule has 0 unspecified atom stereocenters. The van der Waals surface area contributed by atoms with E-state index in [0.717, 1.165) is 4.31 Å². The number of hydrogen-bond acceptors (Lipinski definition) is 4. The molecule has 19 heavy (non-hydrogen) atoms. The number of H-pyrrole nitrogens is 1. The van der Waals surface area contributed by atoms with Crippen molar-refractivity contribution in [3.63, 3.8) is 0 Å². The molecular formula is C11H13FN4O2S. The summed E-state index contributed by atoms with van der Waals surface area (Å²) in [6, 6.07) is 5.62. The van der Waals surface area contributed by atoms with Gasteiger partial charge in [-0.05, 0) is 12.1 Å². The van der Waals surface area contributed by atoms with Gasteiger partial charge in [0, 0.05) is 19.2 Å². The summed E-state index contributed by atoms with van der Waals surface area (Å²) in [5, 5.41) is 5.91. The fourth-order valence-corrected chi connectivity index (χ4v) is 2.96. The van der Waals surface area contributed by atoms with Gasteiger partial charge < -0.3 is 5.73 Å². The van der Waals surface area contributed by atoms with Crippen LogP contribution in [-0.4, -0.2) is 25.7 Å². The Labute approximate surface area is 110 Å². The Balaban J connectivity index is 2.49. The minimum Gasteiger partial charge on any atom is -0.326 e. The van der Waals surface area contributed by atoms with Crippen LogP contribution in [0.3, 0.4) is 0 Å². The van der Waals surface area contributed by atoms with Crippen molar-refractivity contribution in [1.29, 1.82) is 0 Å². The second-order valence-electron chi connectivity index (χ2n) is 3.85. The molecule has 0 amide bonds. The van der Waals surface area contributed by atoms with Crippen LogP contribution >= 0.6 is 0 Å². The number of anilines is 1. The zero-order valence-electron chi connectivity index (χ0n) is 10.2. The summed E-state index contributed by atoms with van der Waals surface area (Å²) in [5.74, 6) is -0.623. The third kappa shape index (κ3) is 2.32. The Morgan fingerprint density at radius 3 is 2.74 bits per heavy atom. The fourth-order valence-electron chi connectivity index (χ4n) is 1.64.